The number of nitrogens with zero attached hydrogens (tertiary/aromatic N) is 4. The Kier molecular flexibility index (Phi) is 4.35. The minimum absolute atomic E-state index is 0.00680. The zero-order valence-corrected chi connectivity index (χ0v) is 14.0. The van der Waals surface area contributed by atoms with E-state index in [1.165, 1.54) is 0 Å². The summed E-state index contributed by atoms with van der Waals surface area (Å²) in [7, 11) is 0. The Hall–Kier alpha value is -1.95. The van der Waals surface area contributed by atoms with Gasteiger partial charge in [-0.05, 0) is 45.6 Å². The number of aliphatic hydroxyl groups excluding tert-OH is 1. The van der Waals surface area contributed by atoms with Crippen LogP contribution in [0.1, 0.15) is 48.8 Å². The van der Waals surface area contributed by atoms with E-state index in [-0.39, 0.29) is 24.5 Å². The molecule has 3 rings (SSSR count). The van der Waals surface area contributed by atoms with Crippen LogP contribution in [-0.4, -0.2) is 50.4 Å². The number of amides is 1. The second-order valence-electron chi connectivity index (χ2n) is 6.66. The topological polar surface area (TPSA) is 71.2 Å². The van der Waals surface area contributed by atoms with Gasteiger partial charge in [-0.25, -0.2) is 9.67 Å². The van der Waals surface area contributed by atoms with E-state index in [1.54, 1.807) is 6.20 Å². The monoisotopic (exact) mass is 316 g/mol. The molecule has 23 heavy (non-hydrogen) atoms. The van der Waals surface area contributed by atoms with Gasteiger partial charge in [0.15, 0.2) is 5.65 Å². The minimum Gasteiger partial charge on any atom is -0.396 e. The molecule has 0 bridgehead atoms. The van der Waals surface area contributed by atoms with Crippen molar-refractivity contribution in [2.75, 3.05) is 19.7 Å². The van der Waals surface area contributed by atoms with Crippen LogP contribution < -0.4 is 0 Å². The van der Waals surface area contributed by atoms with E-state index in [0.717, 1.165) is 36.1 Å². The first-order chi connectivity index (χ1) is 11.0. The van der Waals surface area contributed by atoms with Crippen molar-refractivity contribution < 1.29 is 9.90 Å². The number of pyridine rings is 1. The third-order valence-corrected chi connectivity index (χ3v) is 4.54. The Bertz CT molecular complexity index is 723. The molecule has 2 aromatic rings. The smallest absolute Gasteiger partial charge is 0.255 e. The molecule has 0 aromatic carbocycles. The van der Waals surface area contributed by atoms with Gasteiger partial charge in [-0.3, -0.25) is 4.79 Å². The molecule has 6 heteroatoms. The fourth-order valence-corrected chi connectivity index (χ4v) is 3.23. The number of aryl methyl sites for hydroxylation is 1. The van der Waals surface area contributed by atoms with Crippen LogP contribution in [-0.2, 0) is 0 Å². The number of likely N-dealkylation sites (tertiary alicyclic amines) is 1. The summed E-state index contributed by atoms with van der Waals surface area (Å²) in [6, 6.07) is 2.13. The van der Waals surface area contributed by atoms with Crippen molar-refractivity contribution in [2.45, 2.75) is 39.7 Å². The highest BCUT2D eigenvalue weighted by Crippen LogP contribution is 2.23. The second kappa shape index (κ2) is 6.28. The molecule has 0 saturated carbocycles. The van der Waals surface area contributed by atoms with Gasteiger partial charge in [0, 0.05) is 31.1 Å². The third kappa shape index (κ3) is 2.95. The molecular formula is C17H24N4O2. The molecule has 1 N–H and O–H groups in total. The maximum Gasteiger partial charge on any atom is 0.255 e. The van der Waals surface area contributed by atoms with E-state index in [2.05, 4.69) is 23.9 Å². The van der Waals surface area contributed by atoms with E-state index in [4.69, 9.17) is 0 Å². The van der Waals surface area contributed by atoms with E-state index in [1.807, 2.05) is 22.6 Å². The predicted octanol–water partition coefficient (Wildman–Crippen LogP) is 2.17. The minimum atomic E-state index is 0.00680. The molecular weight excluding hydrogens is 292 g/mol. The van der Waals surface area contributed by atoms with Gasteiger partial charge in [0.2, 0.25) is 0 Å². The van der Waals surface area contributed by atoms with Crippen molar-refractivity contribution >= 4 is 16.9 Å². The predicted molar refractivity (Wildman–Crippen MR) is 88.4 cm³/mol. The lowest BCUT2D eigenvalue weighted by molar-refractivity contribution is 0.0619. The number of piperidine rings is 1. The number of hydrogen-bond donors (Lipinski definition) is 1. The molecule has 1 aliphatic heterocycles. The van der Waals surface area contributed by atoms with Crippen LogP contribution in [0.25, 0.3) is 11.0 Å². The van der Waals surface area contributed by atoms with Gasteiger partial charge in [-0.1, -0.05) is 0 Å². The quantitative estimate of drug-likeness (QED) is 0.942. The van der Waals surface area contributed by atoms with Gasteiger partial charge < -0.3 is 10.0 Å². The van der Waals surface area contributed by atoms with Gasteiger partial charge in [0.1, 0.15) is 0 Å². The fourth-order valence-electron chi connectivity index (χ4n) is 3.23. The molecule has 1 saturated heterocycles. The first-order valence-corrected chi connectivity index (χ1v) is 8.26. The number of rotatable bonds is 3. The van der Waals surface area contributed by atoms with E-state index < -0.39 is 0 Å². The average Bonchev–Trinajstić information content (AvgIpc) is 2.96. The summed E-state index contributed by atoms with van der Waals surface area (Å²) < 4.78 is 1.87. The van der Waals surface area contributed by atoms with Crippen LogP contribution in [0.2, 0.25) is 0 Å². The van der Waals surface area contributed by atoms with Crippen LogP contribution in [0.3, 0.4) is 0 Å². The standard InChI is InChI=1S/C17H24N4O2/c1-11(2)21-16-14(8-18-21)7-15(12(3)19-16)17(23)20-6-4-5-13(9-20)10-22/h7-8,11,13,22H,4-6,9-10H2,1-3H3. The Balaban J connectivity index is 1.93. The Morgan fingerprint density at radius 1 is 1.48 bits per heavy atom. The maximum atomic E-state index is 12.8. The Labute approximate surface area is 136 Å². The molecule has 0 spiro atoms. The highest BCUT2D eigenvalue weighted by Gasteiger charge is 2.26. The van der Waals surface area contributed by atoms with Crippen LogP contribution in [0.15, 0.2) is 12.3 Å². The number of fused-ring (bicyclic) bond motifs is 1. The molecule has 124 valence electrons. The summed E-state index contributed by atoms with van der Waals surface area (Å²) in [5, 5.41) is 14.6. The summed E-state index contributed by atoms with van der Waals surface area (Å²) in [6.45, 7) is 7.51. The lowest BCUT2D eigenvalue weighted by atomic mass is 9.98. The second-order valence-corrected chi connectivity index (χ2v) is 6.66. The zero-order chi connectivity index (χ0) is 16.6. The van der Waals surface area contributed by atoms with Gasteiger partial charge in [0.05, 0.1) is 17.5 Å². The first kappa shape index (κ1) is 15.9. The van der Waals surface area contributed by atoms with Crippen molar-refractivity contribution in [3.63, 3.8) is 0 Å². The summed E-state index contributed by atoms with van der Waals surface area (Å²) in [4.78, 5) is 19.3. The zero-order valence-electron chi connectivity index (χ0n) is 14.0. The highest BCUT2D eigenvalue weighted by molar-refractivity contribution is 5.98. The summed E-state index contributed by atoms with van der Waals surface area (Å²) in [6.07, 6.45) is 3.69. The molecule has 1 atom stereocenters. The Morgan fingerprint density at radius 2 is 2.26 bits per heavy atom. The highest BCUT2D eigenvalue weighted by atomic mass is 16.3. The SMILES string of the molecule is Cc1nc2c(cnn2C(C)C)cc1C(=O)N1CCCC(CO)C1. The summed E-state index contributed by atoms with van der Waals surface area (Å²) in [5.74, 6) is 0.195. The molecule has 6 nitrogen and oxygen atoms in total. The van der Waals surface area contributed by atoms with E-state index in [9.17, 15) is 9.90 Å². The molecule has 3 heterocycles. The van der Waals surface area contributed by atoms with E-state index >= 15 is 0 Å². The number of carbonyl (C=O) groups excluding carboxylic acids is 1. The fraction of sp³-hybridized carbons (Fsp3) is 0.588. The van der Waals surface area contributed by atoms with Gasteiger partial charge in [0.25, 0.3) is 5.91 Å². The molecule has 0 radical (unpaired) electrons. The van der Waals surface area contributed by atoms with Crippen molar-refractivity contribution in [3.8, 4) is 0 Å². The molecule has 1 fully saturated rings. The summed E-state index contributed by atoms with van der Waals surface area (Å²) in [5.41, 5.74) is 2.19. The molecule has 2 aromatic heterocycles. The van der Waals surface area contributed by atoms with Crippen LogP contribution in [0, 0.1) is 12.8 Å². The van der Waals surface area contributed by atoms with Gasteiger partial charge in [-0.15, -0.1) is 0 Å². The largest absolute Gasteiger partial charge is 0.396 e. The first-order valence-electron chi connectivity index (χ1n) is 8.26. The van der Waals surface area contributed by atoms with Crippen LogP contribution >= 0.6 is 0 Å². The molecule has 1 aliphatic rings. The van der Waals surface area contributed by atoms with Crippen LogP contribution in [0.4, 0.5) is 0 Å². The number of hydrogen-bond acceptors (Lipinski definition) is 4. The van der Waals surface area contributed by atoms with Gasteiger partial charge in [-0.2, -0.15) is 5.10 Å². The number of aromatic nitrogens is 3. The van der Waals surface area contributed by atoms with Crippen LogP contribution in [0.5, 0.6) is 0 Å². The van der Waals surface area contributed by atoms with Crippen molar-refractivity contribution in [1.82, 2.24) is 19.7 Å². The van der Waals surface area contributed by atoms with Gasteiger partial charge >= 0.3 is 0 Å². The maximum absolute atomic E-state index is 12.8. The molecule has 1 unspecified atom stereocenters. The summed E-state index contributed by atoms with van der Waals surface area (Å²) >= 11 is 0. The average molecular weight is 316 g/mol. The lowest BCUT2D eigenvalue weighted by Gasteiger charge is -2.32. The number of aliphatic hydroxyl groups is 1. The van der Waals surface area contributed by atoms with Crippen molar-refractivity contribution in [1.29, 1.82) is 0 Å². The normalized spacial score (nSPS) is 18.8. The van der Waals surface area contributed by atoms with Crippen molar-refractivity contribution in [3.05, 3.63) is 23.5 Å². The Morgan fingerprint density at radius 3 is 2.96 bits per heavy atom. The molecule has 0 aliphatic carbocycles. The number of carbonyl (C=O) groups is 1. The lowest BCUT2D eigenvalue weighted by Crippen LogP contribution is -2.41. The third-order valence-electron chi connectivity index (χ3n) is 4.54. The van der Waals surface area contributed by atoms with Crippen molar-refractivity contribution in [2.24, 2.45) is 5.92 Å². The molecule has 1 amide bonds. The van der Waals surface area contributed by atoms with E-state index in [0.29, 0.717) is 12.1 Å².